The number of anilines is 1. The molecule has 6 N–H and O–H groups in total. The highest BCUT2D eigenvalue weighted by Gasteiger charge is 2.25. The summed E-state index contributed by atoms with van der Waals surface area (Å²) in [6.07, 6.45) is 1.89. The molecule has 4 aromatic carbocycles. The van der Waals surface area contributed by atoms with Crippen molar-refractivity contribution in [1.82, 2.24) is 0 Å². The van der Waals surface area contributed by atoms with E-state index in [4.69, 9.17) is 20.3 Å². The zero-order chi connectivity index (χ0) is 38.1. The summed E-state index contributed by atoms with van der Waals surface area (Å²) in [6.45, 7) is -0.0230. The number of methoxy groups -OCH3 is 1. The maximum atomic E-state index is 12.4. The number of phenolic OH excluding ortho intramolecular Hbond substituents is 1. The van der Waals surface area contributed by atoms with Crippen molar-refractivity contribution in [2.24, 2.45) is 20.5 Å². The van der Waals surface area contributed by atoms with Crippen LogP contribution in [0.4, 0.5) is 28.4 Å². The quantitative estimate of drug-likeness (QED) is 0.0138. The fourth-order valence-electron chi connectivity index (χ4n) is 4.01. The number of sulfone groups is 1. The lowest BCUT2D eigenvalue weighted by Crippen LogP contribution is -2.11. The molecule has 0 spiro atoms. The molecule has 0 aliphatic heterocycles. The molecule has 0 aliphatic rings. The topological polar surface area (TPSA) is 305 Å². The van der Waals surface area contributed by atoms with Gasteiger partial charge in [-0.2, -0.15) is 27.1 Å². The number of rotatable bonds is 15. The number of benzene rings is 4. The normalized spacial score (nSPS) is 12.4. The Bertz CT molecular complexity index is 2400. The molecule has 4 rings (SSSR count). The van der Waals surface area contributed by atoms with Crippen LogP contribution in [-0.2, 0) is 53.7 Å². The predicted octanol–water partition coefficient (Wildman–Crippen LogP) is 5.82. The Hall–Kier alpha value is -4.43. The molecule has 25 heteroatoms. The van der Waals surface area contributed by atoms with E-state index >= 15 is 0 Å². The summed E-state index contributed by atoms with van der Waals surface area (Å²) in [4.78, 5) is 3.64. The van der Waals surface area contributed by atoms with Crippen molar-refractivity contribution < 1.29 is 68.1 Å². The van der Waals surface area contributed by atoms with Gasteiger partial charge in [-0.3, -0.25) is 14.0 Å². The zero-order valence-corrected chi connectivity index (χ0v) is 30.0. The van der Waals surface area contributed by atoms with Crippen LogP contribution < -0.4 is 5.73 Å². The highest BCUT2D eigenvalue weighted by molar-refractivity contribution is 8.04. The second-order valence-electron chi connectivity index (χ2n) is 9.59. The molecule has 0 atom stereocenters. The van der Waals surface area contributed by atoms with E-state index in [2.05, 4.69) is 44.3 Å². The van der Waals surface area contributed by atoms with Crippen molar-refractivity contribution in [3.05, 3.63) is 60.7 Å². The molecule has 0 fully saturated rings. The Labute approximate surface area is 303 Å². The second-order valence-corrected chi connectivity index (χ2v) is 15.7. The fraction of sp³-hybridized carbons (Fsp3) is 0.111. The van der Waals surface area contributed by atoms with Crippen LogP contribution in [-0.4, -0.2) is 64.2 Å². The van der Waals surface area contributed by atoms with Crippen LogP contribution >= 0.6 is 23.8 Å². The minimum atomic E-state index is -5.01. The Morgan fingerprint density at radius 3 is 2.06 bits per heavy atom. The van der Waals surface area contributed by atoms with Gasteiger partial charge < -0.3 is 15.6 Å². The number of azo groups is 2. The molecule has 0 aromatic heterocycles. The Morgan fingerprint density at radius 1 is 0.865 bits per heavy atom. The molecule has 0 amide bonds. The number of nitrogen functional groups attached to an aromatic ring is 1. The van der Waals surface area contributed by atoms with Gasteiger partial charge >= 0.3 is 10.4 Å². The van der Waals surface area contributed by atoms with Crippen molar-refractivity contribution in [2.75, 3.05) is 25.2 Å². The van der Waals surface area contributed by atoms with E-state index in [0.29, 0.717) is 16.9 Å². The number of nitrogens with two attached hydrogens (primary N) is 1. The minimum absolute atomic E-state index is 0.0230. The van der Waals surface area contributed by atoms with Crippen LogP contribution in [0.5, 0.6) is 5.75 Å². The minimum Gasteiger partial charge on any atom is -0.505 e. The van der Waals surface area contributed by atoms with Gasteiger partial charge in [0.15, 0.2) is 21.7 Å². The van der Waals surface area contributed by atoms with Crippen LogP contribution in [0.3, 0.4) is 0 Å². The highest BCUT2D eigenvalue weighted by atomic mass is 32.3. The zero-order valence-electron chi connectivity index (χ0n) is 25.9. The van der Waals surface area contributed by atoms with Crippen molar-refractivity contribution in [3.8, 4) is 17.1 Å². The summed E-state index contributed by atoms with van der Waals surface area (Å²) in [5.41, 5.74) is 5.28. The number of aromatic hydroxyl groups is 1. The van der Waals surface area contributed by atoms with Crippen LogP contribution in [0, 0.1) is 11.4 Å². The van der Waals surface area contributed by atoms with E-state index in [-0.39, 0.29) is 50.0 Å². The third-order valence-corrected chi connectivity index (χ3v) is 10.4. The number of phenols is 1. The van der Waals surface area contributed by atoms with Gasteiger partial charge in [-0.25, -0.2) is 13.7 Å². The van der Waals surface area contributed by atoms with Crippen molar-refractivity contribution in [3.63, 3.8) is 0 Å². The molecular formula is C27H23N5O15S5. The molecule has 276 valence electrons. The fourth-order valence-corrected chi connectivity index (χ4v) is 6.93. The maximum absolute atomic E-state index is 12.4. The molecule has 0 heterocycles. The number of nitrogens with zero attached hydrogens (tertiary/aromatic N) is 4. The average Bonchev–Trinajstić information content (AvgIpc) is 3.08. The van der Waals surface area contributed by atoms with Crippen LogP contribution in [0.1, 0.15) is 0 Å². The summed E-state index contributed by atoms with van der Waals surface area (Å²) in [6, 6.07) is 13.3. The number of hydrogen-bond donors (Lipinski definition) is 5. The van der Waals surface area contributed by atoms with Gasteiger partial charge in [-0.1, -0.05) is 5.04 Å². The molecule has 0 aliphatic carbocycles. The molecule has 52 heavy (non-hydrogen) atoms. The van der Waals surface area contributed by atoms with Crippen LogP contribution in [0.2, 0.25) is 0 Å². The van der Waals surface area contributed by atoms with Gasteiger partial charge in [0.1, 0.15) is 16.3 Å². The SMILES string of the molecule is COCCS(=O)(=O)c1ccc(N=Nc2c(S(=O)(=O)O)cc3cc(SOOO)c(N=Nc4ccc(SC#COOS(=O)(=O)O)cc4)c(O)c3c2N)cc1. The van der Waals surface area contributed by atoms with Crippen LogP contribution in [0.15, 0.2) is 101 Å². The van der Waals surface area contributed by atoms with Gasteiger partial charge in [0.05, 0.1) is 56.6 Å². The van der Waals surface area contributed by atoms with Crippen molar-refractivity contribution in [1.29, 1.82) is 0 Å². The average molecular weight is 818 g/mol. The van der Waals surface area contributed by atoms with Gasteiger partial charge in [-0.05, 0) is 82.1 Å². The number of fused-ring (bicyclic) bond motifs is 1. The first-order valence-corrected chi connectivity index (χ1v) is 19.5. The summed E-state index contributed by atoms with van der Waals surface area (Å²) in [5.74, 6) is -0.930. The van der Waals surface area contributed by atoms with E-state index < -0.39 is 52.4 Å². The van der Waals surface area contributed by atoms with Gasteiger partial charge in [0, 0.05) is 17.3 Å². The van der Waals surface area contributed by atoms with Gasteiger partial charge in [0.2, 0.25) is 0 Å². The predicted molar refractivity (Wildman–Crippen MR) is 183 cm³/mol. The molecule has 0 radical (unpaired) electrons. The van der Waals surface area contributed by atoms with E-state index in [1.54, 1.807) is 0 Å². The number of ether oxygens (including phenoxy) is 1. The standard InChI is InChI=1S/C27H23N5O15S5/c1-43-11-13-50(35,36)20-8-4-18(5-9-20)30-32-26-22(51(37,38)39)15-16-14-21(49-46-45-34)25(27(33)23(16)24(26)28)31-29-17-2-6-19(7-3-17)48-12-10-44-47-52(40,41)42/h2-9,14-15,33-34H,11,13,28H2,1H3,(H,37,38,39)(H,40,41,42). The van der Waals surface area contributed by atoms with E-state index in [1.165, 1.54) is 61.7 Å². The number of thioether (sulfide) groups is 1. The third-order valence-electron chi connectivity index (χ3n) is 6.24. The molecule has 20 nitrogen and oxygen atoms in total. The smallest absolute Gasteiger partial charge is 0.433 e. The Morgan fingerprint density at radius 2 is 1.48 bits per heavy atom. The molecule has 0 saturated carbocycles. The van der Waals surface area contributed by atoms with Crippen molar-refractivity contribution in [2.45, 2.75) is 19.6 Å². The van der Waals surface area contributed by atoms with E-state index in [1.807, 2.05) is 6.11 Å². The lowest BCUT2D eigenvalue weighted by Gasteiger charge is -2.14. The Balaban J connectivity index is 1.72. The summed E-state index contributed by atoms with van der Waals surface area (Å²) in [7, 11) is -12.1. The first kappa shape index (κ1) is 40.3. The summed E-state index contributed by atoms with van der Waals surface area (Å²) in [5, 5.41) is 41.7. The highest BCUT2D eigenvalue weighted by Crippen LogP contribution is 2.49. The molecule has 0 saturated heterocycles. The van der Waals surface area contributed by atoms with E-state index in [0.717, 1.165) is 17.8 Å². The van der Waals surface area contributed by atoms with Crippen LogP contribution in [0.25, 0.3) is 10.8 Å². The monoisotopic (exact) mass is 817 g/mol. The third kappa shape index (κ3) is 10.8. The lowest BCUT2D eigenvalue weighted by atomic mass is 10.1. The maximum Gasteiger partial charge on any atom is 0.433 e. The van der Waals surface area contributed by atoms with Crippen molar-refractivity contribution >= 4 is 93.4 Å². The summed E-state index contributed by atoms with van der Waals surface area (Å²) >= 11 is 1.23. The first-order valence-electron chi connectivity index (χ1n) is 13.5. The second kappa shape index (κ2) is 17.4. The summed E-state index contributed by atoms with van der Waals surface area (Å²) < 4.78 is 102. The largest absolute Gasteiger partial charge is 0.505 e. The number of hydrogen-bond acceptors (Lipinski definition) is 20. The molecular weight excluding hydrogens is 795 g/mol. The Kier molecular flexibility index (Phi) is 13.5. The lowest BCUT2D eigenvalue weighted by molar-refractivity contribution is -0.432. The molecule has 0 unspecified atom stereocenters. The molecule has 0 bridgehead atoms. The van der Waals surface area contributed by atoms with E-state index in [9.17, 15) is 34.9 Å². The molecule has 4 aromatic rings. The van der Waals surface area contributed by atoms with Gasteiger partial charge in [-0.15, -0.1) is 14.6 Å². The first-order chi connectivity index (χ1) is 24.5. The van der Waals surface area contributed by atoms with Gasteiger partial charge in [0.25, 0.3) is 10.1 Å².